The number of ether oxygens (including phenoxy) is 1. The molecular formula is C19H23NO. The predicted octanol–water partition coefficient (Wildman–Crippen LogP) is 4.02. The van der Waals surface area contributed by atoms with Crippen LogP contribution in [0.2, 0.25) is 0 Å². The summed E-state index contributed by atoms with van der Waals surface area (Å²) >= 11 is 0. The fourth-order valence-electron chi connectivity index (χ4n) is 3.01. The van der Waals surface area contributed by atoms with Crippen LogP contribution in [0.5, 0.6) is 5.75 Å². The largest absolute Gasteiger partial charge is 0.493 e. The Morgan fingerprint density at radius 2 is 1.95 bits per heavy atom. The van der Waals surface area contributed by atoms with Crippen LogP contribution < -0.4 is 10.1 Å². The van der Waals surface area contributed by atoms with Crippen LogP contribution in [-0.4, -0.2) is 13.2 Å². The molecule has 2 nitrogen and oxygen atoms in total. The van der Waals surface area contributed by atoms with Gasteiger partial charge in [-0.05, 0) is 37.4 Å². The molecule has 0 radical (unpaired) electrons. The zero-order valence-corrected chi connectivity index (χ0v) is 12.9. The molecule has 3 rings (SSSR count). The molecule has 1 aliphatic heterocycles. The van der Waals surface area contributed by atoms with Crippen molar-refractivity contribution < 1.29 is 4.74 Å². The Hall–Kier alpha value is -1.80. The molecule has 21 heavy (non-hydrogen) atoms. The van der Waals surface area contributed by atoms with Crippen molar-refractivity contribution in [3.05, 3.63) is 64.7 Å². The van der Waals surface area contributed by atoms with E-state index >= 15 is 0 Å². The van der Waals surface area contributed by atoms with E-state index in [4.69, 9.17) is 4.74 Å². The maximum absolute atomic E-state index is 5.99. The molecule has 0 saturated carbocycles. The molecule has 0 saturated heterocycles. The number of benzene rings is 2. The fourth-order valence-corrected chi connectivity index (χ4v) is 3.01. The SMILES string of the molecule is CCNC(c1ccc(C)cc1)c1cccc2c1OCCC2. The van der Waals surface area contributed by atoms with Crippen molar-refractivity contribution in [2.45, 2.75) is 32.7 Å². The zero-order chi connectivity index (χ0) is 14.7. The van der Waals surface area contributed by atoms with Crippen molar-refractivity contribution in [3.63, 3.8) is 0 Å². The van der Waals surface area contributed by atoms with Crippen molar-refractivity contribution in [1.29, 1.82) is 0 Å². The van der Waals surface area contributed by atoms with E-state index in [2.05, 4.69) is 61.6 Å². The van der Waals surface area contributed by atoms with E-state index in [1.54, 1.807) is 0 Å². The van der Waals surface area contributed by atoms with Crippen molar-refractivity contribution in [1.82, 2.24) is 5.32 Å². The first-order valence-electron chi connectivity index (χ1n) is 7.84. The summed E-state index contributed by atoms with van der Waals surface area (Å²) in [6.45, 7) is 6.04. The minimum Gasteiger partial charge on any atom is -0.493 e. The Labute approximate surface area is 127 Å². The number of para-hydroxylation sites is 1. The molecular weight excluding hydrogens is 258 g/mol. The molecule has 0 bridgehead atoms. The molecule has 110 valence electrons. The summed E-state index contributed by atoms with van der Waals surface area (Å²) in [7, 11) is 0. The molecule has 0 fully saturated rings. The molecule has 0 amide bonds. The van der Waals surface area contributed by atoms with E-state index in [9.17, 15) is 0 Å². The van der Waals surface area contributed by atoms with Crippen molar-refractivity contribution in [2.75, 3.05) is 13.2 Å². The highest BCUT2D eigenvalue weighted by atomic mass is 16.5. The lowest BCUT2D eigenvalue weighted by Crippen LogP contribution is -2.24. The van der Waals surface area contributed by atoms with E-state index in [0.29, 0.717) is 0 Å². The molecule has 1 atom stereocenters. The molecule has 1 aliphatic rings. The van der Waals surface area contributed by atoms with Crippen LogP contribution in [0.25, 0.3) is 0 Å². The Morgan fingerprint density at radius 3 is 2.71 bits per heavy atom. The molecule has 1 N–H and O–H groups in total. The first-order chi connectivity index (χ1) is 10.3. The van der Waals surface area contributed by atoms with Crippen LogP contribution in [0, 0.1) is 6.92 Å². The van der Waals surface area contributed by atoms with Gasteiger partial charge in [0.1, 0.15) is 5.75 Å². The third-order valence-corrected chi connectivity index (χ3v) is 4.09. The number of hydrogen-bond acceptors (Lipinski definition) is 2. The highest BCUT2D eigenvalue weighted by molar-refractivity contribution is 5.48. The number of aryl methyl sites for hydroxylation is 2. The van der Waals surface area contributed by atoms with Gasteiger partial charge in [-0.1, -0.05) is 55.0 Å². The summed E-state index contributed by atoms with van der Waals surface area (Å²) in [6, 6.07) is 15.5. The summed E-state index contributed by atoms with van der Waals surface area (Å²) < 4.78 is 5.99. The molecule has 0 aliphatic carbocycles. The first kappa shape index (κ1) is 14.2. The quantitative estimate of drug-likeness (QED) is 0.914. The van der Waals surface area contributed by atoms with E-state index < -0.39 is 0 Å². The third-order valence-electron chi connectivity index (χ3n) is 4.09. The maximum atomic E-state index is 5.99. The van der Waals surface area contributed by atoms with E-state index in [1.165, 1.54) is 22.3 Å². The number of nitrogens with one attached hydrogen (secondary N) is 1. The van der Waals surface area contributed by atoms with Crippen LogP contribution in [-0.2, 0) is 6.42 Å². The highest BCUT2D eigenvalue weighted by Crippen LogP contribution is 2.35. The summed E-state index contributed by atoms with van der Waals surface area (Å²) in [5.41, 5.74) is 5.19. The van der Waals surface area contributed by atoms with Crippen LogP contribution in [0.3, 0.4) is 0 Å². The second-order valence-corrected chi connectivity index (χ2v) is 5.69. The predicted molar refractivity (Wildman–Crippen MR) is 87.0 cm³/mol. The lowest BCUT2D eigenvalue weighted by atomic mass is 9.93. The van der Waals surface area contributed by atoms with Gasteiger partial charge >= 0.3 is 0 Å². The fraction of sp³-hybridized carbons (Fsp3) is 0.368. The van der Waals surface area contributed by atoms with Crippen LogP contribution in [0.1, 0.15) is 41.6 Å². The first-order valence-corrected chi connectivity index (χ1v) is 7.84. The van der Waals surface area contributed by atoms with Gasteiger partial charge < -0.3 is 10.1 Å². The summed E-state index contributed by atoms with van der Waals surface area (Å²) in [5.74, 6) is 1.09. The van der Waals surface area contributed by atoms with Crippen LogP contribution in [0.15, 0.2) is 42.5 Å². The molecule has 1 heterocycles. The normalized spacial score (nSPS) is 15.1. The van der Waals surface area contributed by atoms with Crippen molar-refractivity contribution >= 4 is 0 Å². The summed E-state index contributed by atoms with van der Waals surface area (Å²) in [6.07, 6.45) is 2.24. The lowest BCUT2D eigenvalue weighted by Gasteiger charge is -2.26. The topological polar surface area (TPSA) is 21.3 Å². The number of hydrogen-bond donors (Lipinski definition) is 1. The van der Waals surface area contributed by atoms with E-state index in [0.717, 1.165) is 31.7 Å². The average Bonchev–Trinajstić information content (AvgIpc) is 2.53. The minimum absolute atomic E-state index is 0.198. The monoisotopic (exact) mass is 281 g/mol. The van der Waals surface area contributed by atoms with Gasteiger partial charge in [-0.2, -0.15) is 0 Å². The number of rotatable bonds is 4. The summed E-state index contributed by atoms with van der Waals surface area (Å²) in [4.78, 5) is 0. The molecule has 1 unspecified atom stereocenters. The second-order valence-electron chi connectivity index (χ2n) is 5.69. The standard InChI is InChI=1S/C19H23NO/c1-3-20-18(15-11-9-14(2)10-12-15)17-8-4-6-16-7-5-13-21-19(16)17/h4,6,8-12,18,20H,3,5,7,13H2,1-2H3. The van der Waals surface area contributed by atoms with Crippen LogP contribution >= 0.6 is 0 Å². The summed E-state index contributed by atoms with van der Waals surface area (Å²) in [5, 5.41) is 3.60. The van der Waals surface area contributed by atoms with Gasteiger partial charge in [-0.15, -0.1) is 0 Å². The Balaban J connectivity index is 2.03. The number of fused-ring (bicyclic) bond motifs is 1. The Morgan fingerprint density at radius 1 is 1.14 bits per heavy atom. The Bertz CT molecular complexity index is 603. The zero-order valence-electron chi connectivity index (χ0n) is 12.9. The van der Waals surface area contributed by atoms with Gasteiger partial charge in [0.25, 0.3) is 0 Å². The highest BCUT2D eigenvalue weighted by Gasteiger charge is 2.21. The third kappa shape index (κ3) is 2.96. The smallest absolute Gasteiger partial charge is 0.127 e. The van der Waals surface area contributed by atoms with Gasteiger partial charge in [-0.3, -0.25) is 0 Å². The Kier molecular flexibility index (Phi) is 4.26. The van der Waals surface area contributed by atoms with Crippen molar-refractivity contribution in [3.8, 4) is 5.75 Å². The second kappa shape index (κ2) is 6.31. The van der Waals surface area contributed by atoms with Crippen molar-refractivity contribution in [2.24, 2.45) is 0 Å². The van der Waals surface area contributed by atoms with E-state index in [1.807, 2.05) is 0 Å². The minimum atomic E-state index is 0.198. The molecule has 0 aromatic heterocycles. The molecule has 0 spiro atoms. The molecule has 2 heteroatoms. The van der Waals surface area contributed by atoms with Gasteiger partial charge in [0.05, 0.1) is 12.6 Å². The molecule has 2 aromatic rings. The van der Waals surface area contributed by atoms with E-state index in [-0.39, 0.29) is 6.04 Å². The van der Waals surface area contributed by atoms with Gasteiger partial charge in [0, 0.05) is 5.56 Å². The lowest BCUT2D eigenvalue weighted by molar-refractivity contribution is 0.283. The maximum Gasteiger partial charge on any atom is 0.127 e. The van der Waals surface area contributed by atoms with Crippen LogP contribution in [0.4, 0.5) is 0 Å². The van der Waals surface area contributed by atoms with Gasteiger partial charge in [-0.25, -0.2) is 0 Å². The molecule has 2 aromatic carbocycles. The van der Waals surface area contributed by atoms with Gasteiger partial charge in [0.2, 0.25) is 0 Å². The van der Waals surface area contributed by atoms with Gasteiger partial charge in [0.15, 0.2) is 0 Å². The average molecular weight is 281 g/mol.